The van der Waals surface area contributed by atoms with Crippen molar-refractivity contribution in [3.63, 3.8) is 0 Å². The predicted octanol–water partition coefficient (Wildman–Crippen LogP) is 2.75. The highest BCUT2D eigenvalue weighted by Crippen LogP contribution is 2.13. The smallest absolute Gasteiger partial charge is 0.312 e. The van der Waals surface area contributed by atoms with Gasteiger partial charge in [-0.05, 0) is 25.1 Å². The summed E-state index contributed by atoms with van der Waals surface area (Å²) in [6.07, 6.45) is 0.0594. The third kappa shape index (κ3) is 3.62. The van der Waals surface area contributed by atoms with Crippen LogP contribution in [0, 0.1) is 24.1 Å². The standard InChI is InChI=1S/C14H11FN2O2S/c1-9-17-12(8-20-9)5-14(18)19-7-11-4-10(6-16)2-3-13(11)15/h2-4,8H,5,7H2,1H3. The van der Waals surface area contributed by atoms with Crippen molar-refractivity contribution in [2.24, 2.45) is 0 Å². The van der Waals surface area contributed by atoms with Crippen molar-refractivity contribution < 1.29 is 13.9 Å². The van der Waals surface area contributed by atoms with E-state index in [1.54, 1.807) is 5.38 Å². The van der Waals surface area contributed by atoms with Crippen LogP contribution in [0.3, 0.4) is 0 Å². The van der Waals surface area contributed by atoms with E-state index in [0.29, 0.717) is 11.3 Å². The number of thiazole rings is 1. The molecule has 0 aliphatic rings. The van der Waals surface area contributed by atoms with E-state index in [1.165, 1.54) is 29.5 Å². The summed E-state index contributed by atoms with van der Waals surface area (Å²) >= 11 is 1.45. The lowest BCUT2D eigenvalue weighted by molar-refractivity contribution is -0.144. The molecular formula is C14H11FN2O2S. The Balaban J connectivity index is 1.95. The number of benzene rings is 1. The molecule has 1 heterocycles. The van der Waals surface area contributed by atoms with Crippen LogP contribution < -0.4 is 0 Å². The van der Waals surface area contributed by atoms with Gasteiger partial charge in [0.2, 0.25) is 0 Å². The van der Waals surface area contributed by atoms with Gasteiger partial charge in [-0.3, -0.25) is 4.79 Å². The molecule has 0 amide bonds. The maximum Gasteiger partial charge on any atom is 0.312 e. The van der Waals surface area contributed by atoms with Crippen LogP contribution in [-0.2, 0) is 22.6 Å². The molecule has 4 nitrogen and oxygen atoms in total. The zero-order valence-electron chi connectivity index (χ0n) is 10.7. The molecule has 0 unspecified atom stereocenters. The zero-order valence-corrected chi connectivity index (χ0v) is 11.5. The summed E-state index contributed by atoms with van der Waals surface area (Å²) in [7, 11) is 0. The topological polar surface area (TPSA) is 63.0 Å². The Bertz CT molecular complexity index is 676. The van der Waals surface area contributed by atoms with E-state index in [-0.39, 0.29) is 18.6 Å². The van der Waals surface area contributed by atoms with Crippen LogP contribution in [0.1, 0.15) is 21.8 Å². The fourth-order valence-corrected chi connectivity index (χ4v) is 2.21. The van der Waals surface area contributed by atoms with E-state index in [4.69, 9.17) is 10.00 Å². The summed E-state index contributed by atoms with van der Waals surface area (Å²) < 4.78 is 18.5. The fourth-order valence-electron chi connectivity index (χ4n) is 1.60. The van der Waals surface area contributed by atoms with Crippen LogP contribution >= 0.6 is 11.3 Å². The molecule has 102 valence electrons. The summed E-state index contributed by atoms with van der Waals surface area (Å²) in [5.41, 5.74) is 1.16. The first-order chi connectivity index (χ1) is 9.58. The number of ether oxygens (including phenoxy) is 1. The minimum Gasteiger partial charge on any atom is -0.460 e. The Morgan fingerprint density at radius 3 is 3.00 bits per heavy atom. The third-order valence-corrected chi connectivity index (χ3v) is 3.38. The first-order valence-electron chi connectivity index (χ1n) is 5.83. The van der Waals surface area contributed by atoms with Gasteiger partial charge in [-0.25, -0.2) is 9.37 Å². The Hall–Kier alpha value is -2.26. The van der Waals surface area contributed by atoms with E-state index >= 15 is 0 Å². The summed E-state index contributed by atoms with van der Waals surface area (Å²) in [5.74, 6) is -0.974. The zero-order chi connectivity index (χ0) is 14.5. The second-order valence-corrected chi connectivity index (χ2v) is 5.18. The molecule has 0 saturated heterocycles. The van der Waals surface area contributed by atoms with Gasteiger partial charge in [0.1, 0.15) is 12.4 Å². The first kappa shape index (κ1) is 14.2. The summed E-state index contributed by atoms with van der Waals surface area (Å²) in [6.45, 7) is 1.66. The van der Waals surface area contributed by atoms with Crippen LogP contribution in [0.25, 0.3) is 0 Å². The molecule has 1 aromatic heterocycles. The molecule has 6 heteroatoms. The minimum absolute atomic E-state index is 0.0594. The van der Waals surface area contributed by atoms with Crippen molar-refractivity contribution in [3.05, 3.63) is 51.2 Å². The van der Waals surface area contributed by atoms with Gasteiger partial charge in [-0.2, -0.15) is 5.26 Å². The monoisotopic (exact) mass is 290 g/mol. The molecule has 0 spiro atoms. The average molecular weight is 290 g/mol. The number of nitrogens with zero attached hydrogens (tertiary/aromatic N) is 2. The van der Waals surface area contributed by atoms with Gasteiger partial charge in [0.15, 0.2) is 0 Å². The molecular weight excluding hydrogens is 279 g/mol. The van der Waals surface area contributed by atoms with Gasteiger partial charge in [0.05, 0.1) is 28.8 Å². The molecule has 2 aromatic rings. The number of esters is 1. The number of hydrogen-bond acceptors (Lipinski definition) is 5. The van der Waals surface area contributed by atoms with Crippen LogP contribution in [0.2, 0.25) is 0 Å². The number of aryl methyl sites for hydroxylation is 1. The quantitative estimate of drug-likeness (QED) is 0.812. The molecule has 20 heavy (non-hydrogen) atoms. The number of carbonyl (C=O) groups excluding carboxylic acids is 1. The van der Waals surface area contributed by atoms with Gasteiger partial charge < -0.3 is 4.74 Å². The van der Waals surface area contributed by atoms with Gasteiger partial charge >= 0.3 is 5.97 Å². The first-order valence-corrected chi connectivity index (χ1v) is 6.71. The summed E-state index contributed by atoms with van der Waals surface area (Å²) in [5, 5.41) is 11.4. The molecule has 2 rings (SSSR count). The number of halogens is 1. The number of nitriles is 1. The van der Waals surface area contributed by atoms with E-state index in [1.807, 2.05) is 13.0 Å². The molecule has 0 aliphatic heterocycles. The van der Waals surface area contributed by atoms with E-state index in [9.17, 15) is 9.18 Å². The molecule has 1 aromatic carbocycles. The largest absolute Gasteiger partial charge is 0.460 e. The Morgan fingerprint density at radius 2 is 2.35 bits per heavy atom. The average Bonchev–Trinajstić information content (AvgIpc) is 2.83. The molecule has 0 aliphatic carbocycles. The van der Waals surface area contributed by atoms with Gasteiger partial charge in [0.25, 0.3) is 0 Å². The fraction of sp³-hybridized carbons (Fsp3) is 0.214. The van der Waals surface area contributed by atoms with E-state index in [2.05, 4.69) is 4.98 Å². The lowest BCUT2D eigenvalue weighted by atomic mass is 10.1. The highest BCUT2D eigenvalue weighted by atomic mass is 32.1. The molecule has 0 radical (unpaired) electrons. The van der Waals surface area contributed by atoms with E-state index < -0.39 is 11.8 Å². The number of aromatic nitrogens is 1. The molecule has 0 saturated carbocycles. The van der Waals surface area contributed by atoms with Gasteiger partial charge in [-0.15, -0.1) is 11.3 Å². The minimum atomic E-state index is -0.499. The van der Waals surface area contributed by atoms with Gasteiger partial charge in [-0.1, -0.05) is 0 Å². The van der Waals surface area contributed by atoms with Crippen LogP contribution in [0.15, 0.2) is 23.6 Å². The Kier molecular flexibility index (Phi) is 4.43. The van der Waals surface area contributed by atoms with Crippen molar-refractivity contribution in [2.75, 3.05) is 0 Å². The lowest BCUT2D eigenvalue weighted by Crippen LogP contribution is -2.09. The van der Waals surface area contributed by atoms with Crippen molar-refractivity contribution >= 4 is 17.3 Å². The predicted molar refractivity (Wildman–Crippen MR) is 71.5 cm³/mol. The number of carbonyl (C=O) groups is 1. The third-order valence-electron chi connectivity index (χ3n) is 2.56. The summed E-state index contributed by atoms with van der Waals surface area (Å²) in [4.78, 5) is 15.8. The maximum atomic E-state index is 13.5. The van der Waals surface area contributed by atoms with Crippen LogP contribution in [0.4, 0.5) is 4.39 Å². The van der Waals surface area contributed by atoms with Crippen molar-refractivity contribution in [1.29, 1.82) is 5.26 Å². The Labute approximate surface area is 119 Å². The highest BCUT2D eigenvalue weighted by Gasteiger charge is 2.10. The molecule has 0 bridgehead atoms. The van der Waals surface area contributed by atoms with Crippen molar-refractivity contribution in [1.82, 2.24) is 4.98 Å². The van der Waals surface area contributed by atoms with E-state index in [0.717, 1.165) is 5.01 Å². The molecule has 0 atom stereocenters. The number of rotatable bonds is 4. The number of hydrogen-bond donors (Lipinski definition) is 0. The molecule has 0 N–H and O–H groups in total. The second kappa shape index (κ2) is 6.26. The second-order valence-electron chi connectivity index (χ2n) is 4.11. The van der Waals surface area contributed by atoms with Crippen molar-refractivity contribution in [3.8, 4) is 6.07 Å². The SMILES string of the molecule is Cc1nc(CC(=O)OCc2cc(C#N)ccc2F)cs1. The molecule has 0 fully saturated rings. The normalized spacial score (nSPS) is 10.1. The van der Waals surface area contributed by atoms with Crippen LogP contribution in [0.5, 0.6) is 0 Å². The highest BCUT2D eigenvalue weighted by molar-refractivity contribution is 7.09. The van der Waals surface area contributed by atoms with Gasteiger partial charge in [0, 0.05) is 10.9 Å². The van der Waals surface area contributed by atoms with Crippen molar-refractivity contribution in [2.45, 2.75) is 20.0 Å². The Morgan fingerprint density at radius 1 is 1.55 bits per heavy atom. The summed E-state index contributed by atoms with van der Waals surface area (Å²) in [6, 6.07) is 5.84. The lowest BCUT2D eigenvalue weighted by Gasteiger charge is -2.05. The maximum absolute atomic E-state index is 13.5. The van der Waals surface area contributed by atoms with Crippen LogP contribution in [-0.4, -0.2) is 11.0 Å².